The molecule has 2 aromatic carbocycles. The molecule has 146 valence electrons. The third-order valence-electron chi connectivity index (χ3n) is 3.78. The van der Waals surface area contributed by atoms with E-state index in [0.717, 1.165) is 9.87 Å². The van der Waals surface area contributed by atoms with E-state index in [1.54, 1.807) is 12.1 Å². The molecule has 1 amide bonds. The highest BCUT2D eigenvalue weighted by molar-refractivity contribution is 7.89. The van der Waals surface area contributed by atoms with Gasteiger partial charge in [-0.1, -0.05) is 11.6 Å². The van der Waals surface area contributed by atoms with Crippen molar-refractivity contribution in [3.05, 3.63) is 52.5 Å². The van der Waals surface area contributed by atoms with Crippen LogP contribution >= 0.6 is 11.6 Å². The Labute approximate surface area is 165 Å². The van der Waals surface area contributed by atoms with Crippen molar-refractivity contribution in [1.29, 1.82) is 0 Å². The van der Waals surface area contributed by atoms with E-state index in [0.29, 0.717) is 11.4 Å². The molecule has 0 aliphatic heterocycles. The fraction of sp³-hybridized carbons (Fsp3) is 0.316. The van der Waals surface area contributed by atoms with Gasteiger partial charge in [0.05, 0.1) is 21.6 Å². The highest BCUT2D eigenvalue weighted by Crippen LogP contribution is 2.26. The molecule has 0 aliphatic rings. The van der Waals surface area contributed by atoms with Gasteiger partial charge in [-0.25, -0.2) is 12.7 Å². The van der Waals surface area contributed by atoms with Gasteiger partial charge in [0.15, 0.2) is 0 Å². The van der Waals surface area contributed by atoms with E-state index in [2.05, 4.69) is 5.32 Å². The Morgan fingerprint density at radius 1 is 1.15 bits per heavy atom. The maximum atomic E-state index is 12.7. The summed E-state index contributed by atoms with van der Waals surface area (Å²) in [6.07, 6.45) is 0.0463. The van der Waals surface area contributed by atoms with Crippen LogP contribution in [0.5, 0.6) is 5.75 Å². The zero-order valence-corrected chi connectivity index (χ0v) is 17.5. The van der Waals surface area contributed by atoms with Crippen LogP contribution in [-0.2, 0) is 10.0 Å². The molecule has 0 radical (unpaired) electrons. The van der Waals surface area contributed by atoms with E-state index in [-0.39, 0.29) is 21.6 Å². The molecule has 0 aliphatic carbocycles. The molecule has 0 heterocycles. The minimum Gasteiger partial charge on any atom is -0.491 e. The van der Waals surface area contributed by atoms with Crippen molar-refractivity contribution in [2.45, 2.75) is 31.8 Å². The van der Waals surface area contributed by atoms with Gasteiger partial charge in [-0.05, 0) is 62.7 Å². The van der Waals surface area contributed by atoms with Gasteiger partial charge in [-0.3, -0.25) is 4.79 Å². The Hall–Kier alpha value is -2.09. The molecule has 0 spiro atoms. The van der Waals surface area contributed by atoms with Gasteiger partial charge < -0.3 is 10.1 Å². The van der Waals surface area contributed by atoms with Gasteiger partial charge in [0.25, 0.3) is 5.91 Å². The number of halogens is 1. The van der Waals surface area contributed by atoms with Crippen molar-refractivity contribution in [3.63, 3.8) is 0 Å². The van der Waals surface area contributed by atoms with Crippen LogP contribution in [0.25, 0.3) is 0 Å². The second kappa shape index (κ2) is 8.29. The second-order valence-corrected chi connectivity index (χ2v) is 9.09. The van der Waals surface area contributed by atoms with Gasteiger partial charge in [-0.2, -0.15) is 0 Å². The smallest absolute Gasteiger partial charge is 0.257 e. The lowest BCUT2D eigenvalue weighted by Crippen LogP contribution is -2.23. The fourth-order valence-corrected chi connectivity index (χ4v) is 3.49. The summed E-state index contributed by atoms with van der Waals surface area (Å²) in [6, 6.07) is 9.37. The van der Waals surface area contributed by atoms with Crippen molar-refractivity contribution < 1.29 is 17.9 Å². The van der Waals surface area contributed by atoms with E-state index in [9.17, 15) is 13.2 Å². The molecule has 8 heteroatoms. The quantitative estimate of drug-likeness (QED) is 0.782. The standard InChI is InChI=1S/C19H23ClN2O4S/c1-12(2)26-14-6-9-18(13(3)10-14)21-19(23)16-11-15(7-8-17(16)20)27(24,25)22(4)5/h6-12H,1-5H3,(H,21,23). The Morgan fingerprint density at radius 2 is 1.81 bits per heavy atom. The van der Waals surface area contributed by atoms with Gasteiger partial charge in [0.2, 0.25) is 10.0 Å². The first-order chi connectivity index (χ1) is 12.5. The number of rotatable bonds is 6. The number of sulfonamides is 1. The number of benzene rings is 2. The first-order valence-corrected chi connectivity index (χ1v) is 10.1. The van der Waals surface area contributed by atoms with Crippen LogP contribution in [0, 0.1) is 6.92 Å². The molecular weight excluding hydrogens is 388 g/mol. The Kier molecular flexibility index (Phi) is 6.51. The summed E-state index contributed by atoms with van der Waals surface area (Å²) in [5.41, 5.74) is 1.49. The first-order valence-electron chi connectivity index (χ1n) is 8.33. The number of anilines is 1. The Balaban J connectivity index is 2.31. The van der Waals surface area contributed by atoms with E-state index >= 15 is 0 Å². The van der Waals surface area contributed by atoms with Crippen LogP contribution in [0.3, 0.4) is 0 Å². The molecule has 2 rings (SSSR count). The number of aryl methyl sites for hydroxylation is 1. The normalized spacial score (nSPS) is 11.7. The summed E-state index contributed by atoms with van der Waals surface area (Å²) in [7, 11) is -0.821. The zero-order valence-electron chi connectivity index (χ0n) is 15.9. The fourth-order valence-electron chi connectivity index (χ4n) is 2.36. The number of carbonyl (C=O) groups excluding carboxylic acids is 1. The lowest BCUT2D eigenvalue weighted by molar-refractivity contribution is 0.102. The molecule has 0 unspecified atom stereocenters. The predicted octanol–water partition coefficient (Wildman–Crippen LogP) is 3.94. The monoisotopic (exact) mass is 410 g/mol. The van der Waals surface area contributed by atoms with Gasteiger partial charge in [0.1, 0.15) is 5.75 Å². The third-order valence-corrected chi connectivity index (χ3v) is 5.92. The number of amides is 1. The first kappa shape index (κ1) is 21.2. The van der Waals surface area contributed by atoms with Crippen LogP contribution in [0.4, 0.5) is 5.69 Å². The van der Waals surface area contributed by atoms with E-state index in [1.807, 2.05) is 26.8 Å². The maximum absolute atomic E-state index is 12.7. The largest absolute Gasteiger partial charge is 0.491 e. The van der Waals surface area contributed by atoms with Crippen LogP contribution in [0.1, 0.15) is 29.8 Å². The molecule has 6 nitrogen and oxygen atoms in total. The van der Waals surface area contributed by atoms with Gasteiger partial charge in [-0.15, -0.1) is 0 Å². The minimum absolute atomic E-state index is 0.000506. The summed E-state index contributed by atoms with van der Waals surface area (Å²) >= 11 is 6.12. The number of nitrogens with zero attached hydrogens (tertiary/aromatic N) is 1. The molecule has 0 saturated carbocycles. The average Bonchev–Trinajstić information content (AvgIpc) is 2.56. The van der Waals surface area contributed by atoms with E-state index in [4.69, 9.17) is 16.3 Å². The lowest BCUT2D eigenvalue weighted by Gasteiger charge is -2.15. The van der Waals surface area contributed by atoms with Crippen molar-refractivity contribution in [3.8, 4) is 5.75 Å². The molecule has 2 aromatic rings. The number of hydrogen-bond acceptors (Lipinski definition) is 4. The topological polar surface area (TPSA) is 75.7 Å². The summed E-state index contributed by atoms with van der Waals surface area (Å²) in [5, 5.41) is 2.94. The number of hydrogen-bond donors (Lipinski definition) is 1. The van der Waals surface area contributed by atoms with E-state index in [1.165, 1.54) is 32.3 Å². The van der Waals surface area contributed by atoms with Crippen molar-refractivity contribution in [1.82, 2.24) is 4.31 Å². The summed E-state index contributed by atoms with van der Waals surface area (Å²) in [5.74, 6) is 0.217. The predicted molar refractivity (Wildman–Crippen MR) is 107 cm³/mol. The van der Waals surface area contributed by atoms with Crippen molar-refractivity contribution >= 4 is 33.2 Å². The van der Waals surface area contributed by atoms with Gasteiger partial charge in [0, 0.05) is 19.8 Å². The average molecular weight is 411 g/mol. The molecular formula is C19H23ClN2O4S. The number of nitrogens with one attached hydrogen (secondary N) is 1. The minimum atomic E-state index is -3.67. The number of carbonyl (C=O) groups is 1. The second-order valence-electron chi connectivity index (χ2n) is 6.53. The number of ether oxygens (including phenoxy) is 1. The summed E-state index contributed by atoms with van der Waals surface area (Å²) in [4.78, 5) is 12.7. The third kappa shape index (κ3) is 5.00. The zero-order chi connectivity index (χ0) is 20.4. The van der Waals surface area contributed by atoms with Crippen LogP contribution in [0.15, 0.2) is 41.3 Å². The highest BCUT2D eigenvalue weighted by Gasteiger charge is 2.21. The van der Waals surface area contributed by atoms with E-state index < -0.39 is 15.9 Å². The SMILES string of the molecule is Cc1cc(OC(C)C)ccc1NC(=O)c1cc(S(=O)(=O)N(C)C)ccc1Cl. The molecule has 0 atom stereocenters. The highest BCUT2D eigenvalue weighted by atomic mass is 35.5. The molecule has 0 fully saturated rings. The van der Waals surface area contributed by atoms with Crippen molar-refractivity contribution in [2.24, 2.45) is 0 Å². The summed E-state index contributed by atoms with van der Waals surface area (Å²) < 4.78 is 31.3. The molecule has 0 aromatic heterocycles. The lowest BCUT2D eigenvalue weighted by atomic mass is 10.1. The molecule has 1 N–H and O–H groups in total. The Bertz CT molecular complexity index is 956. The van der Waals surface area contributed by atoms with Crippen molar-refractivity contribution in [2.75, 3.05) is 19.4 Å². The molecule has 0 saturated heterocycles. The van der Waals surface area contributed by atoms with Crippen LogP contribution in [0.2, 0.25) is 5.02 Å². The van der Waals surface area contributed by atoms with Crippen LogP contribution < -0.4 is 10.1 Å². The van der Waals surface area contributed by atoms with Crippen LogP contribution in [-0.4, -0.2) is 38.8 Å². The Morgan fingerprint density at radius 3 is 2.37 bits per heavy atom. The summed E-state index contributed by atoms with van der Waals surface area (Å²) in [6.45, 7) is 5.71. The van der Waals surface area contributed by atoms with Gasteiger partial charge >= 0.3 is 0 Å². The maximum Gasteiger partial charge on any atom is 0.257 e. The molecule has 0 bridgehead atoms. The molecule has 27 heavy (non-hydrogen) atoms.